The summed E-state index contributed by atoms with van der Waals surface area (Å²) in [4.78, 5) is 12.8. The summed E-state index contributed by atoms with van der Waals surface area (Å²) in [5.41, 5.74) is 6.55. The van der Waals surface area contributed by atoms with Gasteiger partial charge in [-0.2, -0.15) is 0 Å². The lowest BCUT2D eigenvalue weighted by Crippen LogP contribution is -1.95. The minimum absolute atomic E-state index is 0.483. The van der Waals surface area contributed by atoms with Crippen LogP contribution in [0, 0.1) is 0 Å². The molecule has 2 N–H and O–H groups in total. The number of hydrogen-bond donors (Lipinski definition) is 2. The second kappa shape index (κ2) is 7.47. The van der Waals surface area contributed by atoms with Crippen molar-refractivity contribution in [2.75, 3.05) is 5.32 Å². The number of nitrogens with one attached hydrogen (secondary N) is 2. The summed E-state index contributed by atoms with van der Waals surface area (Å²) < 4.78 is 0. The first-order valence-electron chi connectivity index (χ1n) is 9.83. The Morgan fingerprint density at radius 3 is 2.32 bits per heavy atom. The van der Waals surface area contributed by atoms with Crippen LogP contribution in [0.4, 0.5) is 11.5 Å². The van der Waals surface area contributed by atoms with E-state index in [0.29, 0.717) is 11.8 Å². The average Bonchev–Trinajstić information content (AvgIpc) is 3.14. The van der Waals surface area contributed by atoms with E-state index in [1.54, 1.807) is 6.20 Å². The molecule has 28 heavy (non-hydrogen) atoms. The largest absolute Gasteiger partial charge is 0.338 e. The van der Waals surface area contributed by atoms with E-state index < -0.39 is 0 Å². The Balaban J connectivity index is 1.68. The summed E-state index contributed by atoms with van der Waals surface area (Å²) in [6, 6.07) is 19.0. The predicted molar refractivity (Wildman–Crippen MR) is 117 cm³/mol. The van der Waals surface area contributed by atoms with Gasteiger partial charge in [0.15, 0.2) is 5.82 Å². The Bertz CT molecular complexity index is 1090. The number of rotatable bonds is 5. The first kappa shape index (κ1) is 18.2. The number of anilines is 2. The molecule has 0 aliphatic carbocycles. The highest BCUT2D eigenvalue weighted by Gasteiger charge is 2.11. The molecule has 0 bridgehead atoms. The van der Waals surface area contributed by atoms with Gasteiger partial charge in [0.25, 0.3) is 0 Å². The van der Waals surface area contributed by atoms with Crippen molar-refractivity contribution in [3.63, 3.8) is 0 Å². The molecule has 4 rings (SSSR count). The highest BCUT2D eigenvalue weighted by Crippen LogP contribution is 2.28. The number of pyridine rings is 1. The lowest BCUT2D eigenvalue weighted by atomic mass is 10.0. The van der Waals surface area contributed by atoms with Gasteiger partial charge >= 0.3 is 0 Å². The molecule has 4 nitrogen and oxygen atoms in total. The standard InChI is InChI=1S/C24H26N4/c1-15(2)17-8-10-20(11-9-17)26-24-22-21(12-13-25-24)27-23(28-22)19-7-5-6-18(14-19)16(3)4/h5-16H,1-4H3,(H,25,26)(H,27,28). The number of imidazole rings is 1. The molecule has 0 spiro atoms. The summed E-state index contributed by atoms with van der Waals surface area (Å²) in [5, 5.41) is 3.41. The van der Waals surface area contributed by atoms with E-state index in [1.807, 2.05) is 6.07 Å². The van der Waals surface area contributed by atoms with E-state index in [-0.39, 0.29) is 0 Å². The minimum Gasteiger partial charge on any atom is -0.338 e. The van der Waals surface area contributed by atoms with E-state index in [2.05, 4.69) is 91.5 Å². The number of nitrogens with zero attached hydrogens (tertiary/aromatic N) is 2. The summed E-state index contributed by atoms with van der Waals surface area (Å²) >= 11 is 0. The zero-order valence-electron chi connectivity index (χ0n) is 16.8. The summed E-state index contributed by atoms with van der Waals surface area (Å²) in [6.45, 7) is 8.80. The summed E-state index contributed by atoms with van der Waals surface area (Å²) in [5.74, 6) is 2.63. The van der Waals surface area contributed by atoms with Crippen LogP contribution >= 0.6 is 0 Å². The lowest BCUT2D eigenvalue weighted by Gasteiger charge is -2.09. The zero-order chi connectivity index (χ0) is 19.7. The number of H-pyrrole nitrogens is 1. The highest BCUT2D eigenvalue weighted by molar-refractivity contribution is 5.90. The fraction of sp³-hybridized carbons (Fsp3) is 0.250. The maximum Gasteiger partial charge on any atom is 0.158 e. The van der Waals surface area contributed by atoms with Crippen molar-refractivity contribution in [1.29, 1.82) is 0 Å². The molecule has 142 valence electrons. The van der Waals surface area contributed by atoms with E-state index in [4.69, 9.17) is 4.98 Å². The average molecular weight is 371 g/mol. The predicted octanol–water partition coefficient (Wildman–Crippen LogP) is 6.62. The molecule has 0 radical (unpaired) electrons. The smallest absolute Gasteiger partial charge is 0.158 e. The van der Waals surface area contributed by atoms with Crippen LogP contribution in [-0.4, -0.2) is 15.0 Å². The van der Waals surface area contributed by atoms with E-state index >= 15 is 0 Å². The molecule has 2 heterocycles. The van der Waals surface area contributed by atoms with Crippen molar-refractivity contribution in [1.82, 2.24) is 15.0 Å². The van der Waals surface area contributed by atoms with Crippen LogP contribution in [0.15, 0.2) is 60.8 Å². The fourth-order valence-corrected chi connectivity index (χ4v) is 3.30. The number of benzene rings is 2. The molecular formula is C24H26N4. The summed E-state index contributed by atoms with van der Waals surface area (Å²) in [7, 11) is 0. The molecular weight excluding hydrogens is 344 g/mol. The Kier molecular flexibility index (Phi) is 4.86. The first-order valence-corrected chi connectivity index (χ1v) is 9.83. The van der Waals surface area contributed by atoms with Crippen molar-refractivity contribution in [3.8, 4) is 11.4 Å². The molecule has 0 aliphatic rings. The molecule has 0 unspecified atom stereocenters. The Morgan fingerprint density at radius 1 is 0.857 bits per heavy atom. The van der Waals surface area contributed by atoms with Crippen molar-refractivity contribution < 1.29 is 0 Å². The number of aromatic nitrogens is 3. The molecule has 0 saturated carbocycles. The van der Waals surface area contributed by atoms with E-state index in [1.165, 1.54) is 11.1 Å². The van der Waals surface area contributed by atoms with E-state index in [9.17, 15) is 0 Å². The van der Waals surface area contributed by atoms with Crippen molar-refractivity contribution in [3.05, 3.63) is 71.9 Å². The third-order valence-corrected chi connectivity index (χ3v) is 5.07. The molecule has 0 aliphatic heterocycles. The van der Waals surface area contributed by atoms with Crippen LogP contribution in [0.25, 0.3) is 22.4 Å². The van der Waals surface area contributed by atoms with Gasteiger partial charge in [-0.25, -0.2) is 9.97 Å². The minimum atomic E-state index is 0.483. The van der Waals surface area contributed by atoms with Crippen molar-refractivity contribution >= 4 is 22.5 Å². The van der Waals surface area contributed by atoms with Gasteiger partial charge in [0, 0.05) is 17.4 Å². The topological polar surface area (TPSA) is 53.6 Å². The molecule has 0 fully saturated rings. The van der Waals surface area contributed by atoms with Gasteiger partial charge in [-0.3, -0.25) is 0 Å². The Labute approximate surface area is 166 Å². The Hall–Kier alpha value is -3.14. The van der Waals surface area contributed by atoms with E-state index in [0.717, 1.165) is 33.9 Å². The van der Waals surface area contributed by atoms with Crippen LogP contribution in [0.5, 0.6) is 0 Å². The lowest BCUT2D eigenvalue weighted by molar-refractivity contribution is 0.867. The van der Waals surface area contributed by atoms with Crippen LogP contribution in [0.2, 0.25) is 0 Å². The molecule has 2 aromatic heterocycles. The maximum absolute atomic E-state index is 4.84. The zero-order valence-corrected chi connectivity index (χ0v) is 16.8. The van der Waals surface area contributed by atoms with Gasteiger partial charge in [-0.05, 0) is 47.2 Å². The van der Waals surface area contributed by atoms with Crippen LogP contribution in [0.1, 0.15) is 50.7 Å². The number of hydrogen-bond acceptors (Lipinski definition) is 3. The van der Waals surface area contributed by atoms with Gasteiger partial charge in [0.1, 0.15) is 11.3 Å². The van der Waals surface area contributed by atoms with Crippen LogP contribution in [0.3, 0.4) is 0 Å². The number of aromatic amines is 1. The SMILES string of the molecule is CC(C)c1ccc(Nc2nccc3[nH]c(-c4cccc(C(C)C)c4)nc23)cc1. The van der Waals surface area contributed by atoms with Gasteiger partial charge in [-0.1, -0.05) is 58.0 Å². The maximum atomic E-state index is 4.84. The summed E-state index contributed by atoms with van der Waals surface area (Å²) in [6.07, 6.45) is 1.81. The molecule has 4 heteroatoms. The first-order chi connectivity index (χ1) is 13.5. The fourth-order valence-electron chi connectivity index (χ4n) is 3.30. The monoisotopic (exact) mass is 370 g/mol. The van der Waals surface area contributed by atoms with Gasteiger partial charge in [0.2, 0.25) is 0 Å². The van der Waals surface area contributed by atoms with Crippen LogP contribution in [-0.2, 0) is 0 Å². The second-order valence-electron chi connectivity index (χ2n) is 7.82. The Morgan fingerprint density at radius 2 is 1.61 bits per heavy atom. The van der Waals surface area contributed by atoms with Gasteiger partial charge < -0.3 is 10.3 Å². The molecule has 4 aromatic rings. The normalized spacial score (nSPS) is 11.5. The molecule has 0 amide bonds. The van der Waals surface area contributed by atoms with Gasteiger partial charge in [-0.15, -0.1) is 0 Å². The molecule has 0 atom stereocenters. The van der Waals surface area contributed by atoms with Crippen molar-refractivity contribution in [2.45, 2.75) is 39.5 Å². The second-order valence-corrected chi connectivity index (χ2v) is 7.82. The highest BCUT2D eigenvalue weighted by atomic mass is 15.0. The van der Waals surface area contributed by atoms with Crippen molar-refractivity contribution in [2.24, 2.45) is 0 Å². The van der Waals surface area contributed by atoms with Gasteiger partial charge in [0.05, 0.1) is 5.52 Å². The quantitative estimate of drug-likeness (QED) is 0.415. The third kappa shape index (κ3) is 3.63. The molecule has 0 saturated heterocycles. The van der Waals surface area contributed by atoms with Crippen LogP contribution < -0.4 is 5.32 Å². The molecule has 2 aromatic carbocycles. The third-order valence-electron chi connectivity index (χ3n) is 5.07. The number of fused-ring (bicyclic) bond motifs is 1.